The smallest absolute Gasteiger partial charge is 0.230 e. The van der Waals surface area contributed by atoms with Crippen LogP contribution < -0.4 is 0 Å². The van der Waals surface area contributed by atoms with Crippen LogP contribution in [0.15, 0.2) is 30.3 Å². The van der Waals surface area contributed by atoms with Gasteiger partial charge in [-0.3, -0.25) is 9.59 Å². The molecule has 0 N–H and O–H groups in total. The number of rotatable bonds is 6. The molecule has 0 radical (unpaired) electrons. The van der Waals surface area contributed by atoms with E-state index in [2.05, 4.69) is 12.1 Å². The van der Waals surface area contributed by atoms with Crippen molar-refractivity contribution in [1.82, 2.24) is 9.80 Å². The number of carbonyl (C=O) groups is 2. The van der Waals surface area contributed by atoms with Crippen molar-refractivity contribution in [1.29, 1.82) is 0 Å². The van der Waals surface area contributed by atoms with Gasteiger partial charge in [-0.2, -0.15) is 0 Å². The molecule has 0 bridgehead atoms. The summed E-state index contributed by atoms with van der Waals surface area (Å²) < 4.78 is 5.20. The second-order valence-corrected chi connectivity index (χ2v) is 7.64. The zero-order chi connectivity index (χ0) is 18.6. The van der Waals surface area contributed by atoms with Crippen LogP contribution in [0.3, 0.4) is 0 Å². The Morgan fingerprint density at radius 1 is 1.27 bits per heavy atom. The third-order valence-corrected chi connectivity index (χ3v) is 6.04. The highest BCUT2D eigenvalue weighted by Crippen LogP contribution is 2.47. The van der Waals surface area contributed by atoms with E-state index >= 15 is 0 Å². The van der Waals surface area contributed by atoms with Crippen molar-refractivity contribution in [3.05, 3.63) is 35.9 Å². The van der Waals surface area contributed by atoms with Crippen LogP contribution in [-0.4, -0.2) is 55.0 Å². The molecular weight excluding hydrogens is 328 g/mol. The maximum Gasteiger partial charge on any atom is 0.230 e. The van der Waals surface area contributed by atoms with Gasteiger partial charge < -0.3 is 14.5 Å². The van der Waals surface area contributed by atoms with E-state index in [0.717, 1.165) is 31.2 Å². The molecule has 2 fully saturated rings. The number of ether oxygens (including phenoxy) is 1. The number of piperidine rings is 1. The van der Waals surface area contributed by atoms with Crippen LogP contribution in [-0.2, 0) is 20.9 Å². The van der Waals surface area contributed by atoms with E-state index in [1.54, 1.807) is 7.11 Å². The van der Waals surface area contributed by atoms with Crippen molar-refractivity contribution in [2.24, 2.45) is 5.41 Å². The molecule has 1 aliphatic heterocycles. The molecule has 1 aliphatic carbocycles. The van der Waals surface area contributed by atoms with Gasteiger partial charge in [-0.05, 0) is 24.8 Å². The molecule has 5 heteroatoms. The molecular formula is C21H30N2O3. The Hall–Kier alpha value is -1.88. The summed E-state index contributed by atoms with van der Waals surface area (Å²) in [5.74, 6) is 0.365. The molecule has 5 nitrogen and oxygen atoms in total. The first-order valence-corrected chi connectivity index (χ1v) is 9.66. The number of methoxy groups -OCH3 is 1. The number of benzene rings is 1. The van der Waals surface area contributed by atoms with Crippen LogP contribution in [0.2, 0.25) is 0 Å². The first kappa shape index (κ1) is 18.9. The molecule has 1 aromatic carbocycles. The van der Waals surface area contributed by atoms with E-state index in [-0.39, 0.29) is 17.9 Å². The van der Waals surface area contributed by atoms with Crippen molar-refractivity contribution < 1.29 is 14.3 Å². The minimum atomic E-state index is -0.427. The van der Waals surface area contributed by atoms with Crippen LogP contribution >= 0.6 is 0 Å². The average molecular weight is 358 g/mol. The summed E-state index contributed by atoms with van der Waals surface area (Å²) in [6, 6.07) is 10.1. The summed E-state index contributed by atoms with van der Waals surface area (Å²) in [6.45, 7) is 1.71. The normalized spacial score (nSPS) is 25.7. The van der Waals surface area contributed by atoms with E-state index in [1.165, 1.54) is 0 Å². The quantitative estimate of drug-likeness (QED) is 0.786. The molecule has 1 aromatic rings. The Bertz CT molecular complexity index is 633. The Morgan fingerprint density at radius 2 is 2.04 bits per heavy atom. The van der Waals surface area contributed by atoms with Crippen LogP contribution in [0.5, 0.6) is 0 Å². The van der Waals surface area contributed by atoms with E-state index < -0.39 is 5.41 Å². The van der Waals surface area contributed by atoms with Crippen molar-refractivity contribution in [2.45, 2.75) is 51.1 Å². The van der Waals surface area contributed by atoms with Gasteiger partial charge in [-0.15, -0.1) is 0 Å². The lowest BCUT2D eigenvalue weighted by atomic mass is 9.64. The van der Waals surface area contributed by atoms with E-state index in [1.807, 2.05) is 35.0 Å². The van der Waals surface area contributed by atoms with Gasteiger partial charge in [-0.1, -0.05) is 43.2 Å². The van der Waals surface area contributed by atoms with Gasteiger partial charge in [0.2, 0.25) is 11.8 Å². The van der Waals surface area contributed by atoms with Crippen LogP contribution in [0.25, 0.3) is 0 Å². The zero-order valence-corrected chi connectivity index (χ0v) is 15.9. The third kappa shape index (κ3) is 3.63. The molecule has 0 aromatic heterocycles. The lowest BCUT2D eigenvalue weighted by Crippen LogP contribution is -2.62. The Balaban J connectivity index is 1.81. The van der Waals surface area contributed by atoms with Crippen molar-refractivity contribution in [3.8, 4) is 0 Å². The number of nitrogens with zero attached hydrogens (tertiary/aromatic N) is 2. The highest BCUT2D eigenvalue weighted by molar-refractivity contribution is 5.88. The highest BCUT2D eigenvalue weighted by atomic mass is 16.5. The first-order valence-electron chi connectivity index (χ1n) is 9.66. The molecule has 1 saturated heterocycles. The number of amides is 2. The summed E-state index contributed by atoms with van der Waals surface area (Å²) in [7, 11) is 3.55. The van der Waals surface area contributed by atoms with E-state index in [9.17, 15) is 9.59 Å². The summed E-state index contributed by atoms with van der Waals surface area (Å²) in [4.78, 5) is 29.9. The summed E-state index contributed by atoms with van der Waals surface area (Å²) in [5.41, 5.74) is 0.707. The van der Waals surface area contributed by atoms with Gasteiger partial charge >= 0.3 is 0 Å². The van der Waals surface area contributed by atoms with Crippen molar-refractivity contribution in [3.63, 3.8) is 0 Å². The largest absolute Gasteiger partial charge is 0.383 e. The fourth-order valence-electron chi connectivity index (χ4n) is 4.75. The Labute approximate surface area is 156 Å². The average Bonchev–Trinajstić information content (AvgIpc) is 2.67. The second-order valence-electron chi connectivity index (χ2n) is 7.64. The molecule has 0 unspecified atom stereocenters. The van der Waals surface area contributed by atoms with Gasteiger partial charge in [0.25, 0.3) is 0 Å². The van der Waals surface area contributed by atoms with Gasteiger partial charge in [-0.25, -0.2) is 0 Å². The topological polar surface area (TPSA) is 49.9 Å². The zero-order valence-electron chi connectivity index (χ0n) is 15.9. The highest BCUT2D eigenvalue weighted by Gasteiger charge is 2.53. The Kier molecular flexibility index (Phi) is 5.97. The second kappa shape index (κ2) is 8.21. The lowest BCUT2D eigenvalue weighted by Gasteiger charge is -2.52. The summed E-state index contributed by atoms with van der Waals surface area (Å²) in [6.07, 6.45) is 5.09. The molecule has 1 heterocycles. The van der Waals surface area contributed by atoms with Crippen LogP contribution in [0.4, 0.5) is 0 Å². The maximum atomic E-state index is 13.5. The molecule has 2 atom stereocenters. The van der Waals surface area contributed by atoms with Gasteiger partial charge in [0, 0.05) is 39.7 Å². The maximum absolute atomic E-state index is 13.5. The molecule has 3 rings (SSSR count). The third-order valence-electron chi connectivity index (χ3n) is 6.04. The van der Waals surface area contributed by atoms with Gasteiger partial charge in [0.05, 0.1) is 12.0 Å². The van der Waals surface area contributed by atoms with Gasteiger partial charge in [0.15, 0.2) is 0 Å². The standard InChI is InChI=1S/C21H30N2O3/c1-22(16-17-8-4-3-5-9-17)20(25)21-12-7-6-10-18(21)23(14-15-26-2)19(24)11-13-21/h3-5,8-9,18H,6-7,10-16H2,1-2H3/t18-,21-/m1/s1. The first-order chi connectivity index (χ1) is 12.6. The molecule has 0 spiro atoms. The van der Waals surface area contributed by atoms with Crippen molar-refractivity contribution in [2.75, 3.05) is 27.3 Å². The monoisotopic (exact) mass is 358 g/mol. The predicted molar refractivity (Wildman–Crippen MR) is 100 cm³/mol. The molecule has 1 saturated carbocycles. The van der Waals surface area contributed by atoms with Crippen LogP contribution in [0, 0.1) is 5.41 Å². The van der Waals surface area contributed by atoms with Gasteiger partial charge in [0.1, 0.15) is 0 Å². The number of hydrogen-bond acceptors (Lipinski definition) is 3. The minimum absolute atomic E-state index is 0.0124. The SMILES string of the molecule is COCCN1C(=O)CC[C@]2(C(=O)N(C)Cc3ccccc3)CCCC[C@@H]12. The molecule has 2 aliphatic rings. The van der Waals surface area contributed by atoms with E-state index in [4.69, 9.17) is 4.74 Å². The van der Waals surface area contributed by atoms with E-state index in [0.29, 0.717) is 32.5 Å². The summed E-state index contributed by atoms with van der Waals surface area (Å²) in [5, 5.41) is 0. The minimum Gasteiger partial charge on any atom is -0.383 e. The molecule has 2 amide bonds. The molecule has 26 heavy (non-hydrogen) atoms. The fraction of sp³-hybridized carbons (Fsp3) is 0.619. The van der Waals surface area contributed by atoms with Crippen molar-refractivity contribution >= 4 is 11.8 Å². The summed E-state index contributed by atoms with van der Waals surface area (Å²) >= 11 is 0. The van der Waals surface area contributed by atoms with Crippen LogP contribution in [0.1, 0.15) is 44.1 Å². The molecule has 142 valence electrons. The number of fused-ring (bicyclic) bond motifs is 1. The number of hydrogen-bond donors (Lipinski definition) is 0. The number of carbonyl (C=O) groups excluding carboxylic acids is 2. The Morgan fingerprint density at radius 3 is 2.77 bits per heavy atom. The predicted octanol–water partition coefficient (Wildman–Crippen LogP) is 2.84. The lowest BCUT2D eigenvalue weighted by molar-refractivity contribution is -0.162. The fourth-order valence-corrected chi connectivity index (χ4v) is 4.75. The number of likely N-dealkylation sites (tertiary alicyclic amines) is 1.